The van der Waals surface area contributed by atoms with Gasteiger partial charge in [-0.2, -0.15) is 0 Å². The van der Waals surface area contributed by atoms with Gasteiger partial charge in [0, 0.05) is 12.7 Å². The highest BCUT2D eigenvalue weighted by atomic mass is 16.2. The summed E-state index contributed by atoms with van der Waals surface area (Å²) in [6, 6.07) is 13.2. The van der Waals surface area contributed by atoms with Gasteiger partial charge in [0.25, 0.3) is 0 Å². The topological polar surface area (TPSA) is 76.3 Å². The number of pyridine rings is 1. The first-order valence-electron chi connectivity index (χ1n) is 6.60. The van der Waals surface area contributed by atoms with Crippen LogP contribution in [-0.4, -0.2) is 21.7 Å². The molecule has 0 saturated heterocycles. The molecule has 5 nitrogen and oxygen atoms in total. The van der Waals surface area contributed by atoms with Crippen LogP contribution in [0.3, 0.4) is 0 Å². The second-order valence-corrected chi connectivity index (χ2v) is 4.84. The number of amides is 2. The third kappa shape index (κ3) is 4.14. The van der Waals surface area contributed by atoms with Crippen molar-refractivity contribution < 1.29 is 9.59 Å². The van der Waals surface area contributed by atoms with E-state index in [-0.39, 0.29) is 6.54 Å². The van der Waals surface area contributed by atoms with E-state index >= 15 is 0 Å². The van der Waals surface area contributed by atoms with Crippen molar-refractivity contribution in [2.45, 2.75) is 20.0 Å². The van der Waals surface area contributed by atoms with Crippen molar-refractivity contribution in [3.63, 3.8) is 0 Å². The van der Waals surface area contributed by atoms with Gasteiger partial charge in [-0.25, -0.2) is 0 Å². The number of hydrogen-bond acceptors (Lipinski definition) is 3. The molecule has 1 aromatic heterocycles. The molecule has 0 radical (unpaired) electrons. The summed E-state index contributed by atoms with van der Waals surface area (Å²) in [5, 5.41) is 0. The first-order chi connectivity index (χ1) is 10.1. The Bertz CT molecular complexity index is 641. The number of benzene rings is 1. The van der Waals surface area contributed by atoms with E-state index < -0.39 is 11.8 Å². The average molecular weight is 283 g/mol. The van der Waals surface area contributed by atoms with Crippen LogP contribution in [0.25, 0.3) is 0 Å². The van der Waals surface area contributed by atoms with Crippen LogP contribution < -0.4 is 5.73 Å². The summed E-state index contributed by atoms with van der Waals surface area (Å²) >= 11 is 0. The van der Waals surface area contributed by atoms with Gasteiger partial charge >= 0.3 is 11.8 Å². The van der Waals surface area contributed by atoms with E-state index in [1.165, 1.54) is 4.90 Å². The molecule has 108 valence electrons. The monoisotopic (exact) mass is 283 g/mol. The number of aromatic nitrogens is 1. The Hall–Kier alpha value is -2.69. The lowest BCUT2D eigenvalue weighted by atomic mass is 10.2. The summed E-state index contributed by atoms with van der Waals surface area (Å²) in [7, 11) is 0. The Kier molecular flexibility index (Phi) is 4.66. The fourth-order valence-corrected chi connectivity index (χ4v) is 2.04. The Morgan fingerprint density at radius 2 is 1.86 bits per heavy atom. The van der Waals surface area contributed by atoms with Crippen molar-refractivity contribution in [1.82, 2.24) is 9.88 Å². The summed E-state index contributed by atoms with van der Waals surface area (Å²) in [6.45, 7) is 2.51. The van der Waals surface area contributed by atoms with Crippen molar-refractivity contribution in [2.75, 3.05) is 0 Å². The number of primary amides is 1. The Labute approximate surface area is 123 Å². The maximum Gasteiger partial charge on any atom is 0.312 e. The number of nitrogens with two attached hydrogens (primary N) is 1. The molecule has 1 heterocycles. The van der Waals surface area contributed by atoms with E-state index in [4.69, 9.17) is 5.73 Å². The SMILES string of the molecule is Cc1ccnc(CN(Cc2ccccc2)C(=O)C(N)=O)c1. The van der Waals surface area contributed by atoms with Crippen LogP contribution in [0.15, 0.2) is 48.7 Å². The normalized spacial score (nSPS) is 10.1. The van der Waals surface area contributed by atoms with Crippen LogP contribution >= 0.6 is 0 Å². The Morgan fingerprint density at radius 1 is 1.14 bits per heavy atom. The molecule has 0 spiro atoms. The molecule has 0 saturated carbocycles. The minimum absolute atomic E-state index is 0.248. The first kappa shape index (κ1) is 14.7. The van der Waals surface area contributed by atoms with Gasteiger partial charge < -0.3 is 10.6 Å². The molecule has 0 aliphatic carbocycles. The van der Waals surface area contributed by atoms with Crippen molar-refractivity contribution in [2.24, 2.45) is 5.73 Å². The molecule has 1 aromatic carbocycles. The number of aryl methyl sites for hydroxylation is 1. The molecule has 0 aliphatic heterocycles. The summed E-state index contributed by atoms with van der Waals surface area (Å²) in [5.41, 5.74) is 7.82. The van der Waals surface area contributed by atoms with Crippen molar-refractivity contribution in [3.05, 3.63) is 65.5 Å². The zero-order chi connectivity index (χ0) is 15.2. The highest BCUT2D eigenvalue weighted by Crippen LogP contribution is 2.10. The van der Waals surface area contributed by atoms with E-state index in [9.17, 15) is 9.59 Å². The third-order valence-corrected chi connectivity index (χ3v) is 3.04. The van der Waals surface area contributed by atoms with Gasteiger partial charge in [0.05, 0.1) is 12.2 Å². The average Bonchev–Trinajstić information content (AvgIpc) is 2.47. The second-order valence-electron chi connectivity index (χ2n) is 4.84. The standard InChI is InChI=1S/C16H17N3O2/c1-12-7-8-18-14(9-12)11-19(16(21)15(17)20)10-13-5-3-2-4-6-13/h2-9H,10-11H2,1H3,(H2,17,20). The molecule has 0 bridgehead atoms. The van der Waals surface area contributed by atoms with E-state index in [0.717, 1.165) is 16.8 Å². The fourth-order valence-electron chi connectivity index (χ4n) is 2.04. The Balaban J connectivity index is 2.20. The molecule has 5 heteroatoms. The van der Waals surface area contributed by atoms with E-state index in [1.807, 2.05) is 49.4 Å². The molecule has 0 fully saturated rings. The fraction of sp³-hybridized carbons (Fsp3) is 0.188. The third-order valence-electron chi connectivity index (χ3n) is 3.04. The zero-order valence-corrected chi connectivity index (χ0v) is 11.8. The molecule has 2 N–H and O–H groups in total. The molecule has 2 aromatic rings. The van der Waals surface area contributed by atoms with Crippen LogP contribution in [-0.2, 0) is 22.7 Å². The minimum Gasteiger partial charge on any atom is -0.361 e. The predicted molar refractivity (Wildman–Crippen MR) is 78.9 cm³/mol. The van der Waals surface area contributed by atoms with Gasteiger partial charge in [0.1, 0.15) is 0 Å². The van der Waals surface area contributed by atoms with Gasteiger partial charge in [-0.05, 0) is 30.2 Å². The first-order valence-corrected chi connectivity index (χ1v) is 6.60. The largest absolute Gasteiger partial charge is 0.361 e. The quantitative estimate of drug-likeness (QED) is 0.862. The van der Waals surface area contributed by atoms with Crippen LogP contribution in [0.2, 0.25) is 0 Å². The molecular formula is C16H17N3O2. The van der Waals surface area contributed by atoms with E-state index in [2.05, 4.69) is 4.98 Å². The zero-order valence-electron chi connectivity index (χ0n) is 11.8. The number of nitrogens with zero attached hydrogens (tertiary/aromatic N) is 2. The predicted octanol–water partition coefficient (Wildman–Crippen LogP) is 1.40. The van der Waals surface area contributed by atoms with E-state index in [1.54, 1.807) is 6.20 Å². The summed E-state index contributed by atoms with van der Waals surface area (Å²) < 4.78 is 0. The molecule has 2 rings (SSSR count). The Morgan fingerprint density at radius 3 is 2.48 bits per heavy atom. The van der Waals surface area contributed by atoms with Gasteiger partial charge in [-0.1, -0.05) is 30.3 Å². The van der Waals surface area contributed by atoms with Crippen molar-refractivity contribution in [1.29, 1.82) is 0 Å². The highest BCUT2D eigenvalue weighted by Gasteiger charge is 2.20. The maximum atomic E-state index is 12.0. The van der Waals surface area contributed by atoms with Crippen molar-refractivity contribution >= 4 is 11.8 Å². The van der Waals surface area contributed by atoms with Gasteiger partial charge in [-0.15, -0.1) is 0 Å². The van der Waals surface area contributed by atoms with Gasteiger partial charge in [-0.3, -0.25) is 14.6 Å². The van der Waals surface area contributed by atoms with Crippen LogP contribution in [0.1, 0.15) is 16.8 Å². The number of carbonyl (C=O) groups excluding carboxylic acids is 2. The van der Waals surface area contributed by atoms with Crippen LogP contribution in [0.4, 0.5) is 0 Å². The summed E-state index contributed by atoms with van der Waals surface area (Å²) in [6.07, 6.45) is 1.68. The lowest BCUT2D eigenvalue weighted by Gasteiger charge is -2.21. The van der Waals surface area contributed by atoms with Crippen molar-refractivity contribution in [3.8, 4) is 0 Å². The van der Waals surface area contributed by atoms with Crippen LogP contribution in [0, 0.1) is 6.92 Å². The molecule has 0 unspecified atom stereocenters. The lowest BCUT2D eigenvalue weighted by molar-refractivity contribution is -0.145. The molecular weight excluding hydrogens is 266 g/mol. The molecule has 0 atom stereocenters. The molecule has 21 heavy (non-hydrogen) atoms. The number of carbonyl (C=O) groups is 2. The molecule has 0 aliphatic rings. The lowest BCUT2D eigenvalue weighted by Crippen LogP contribution is -2.39. The molecule has 2 amide bonds. The smallest absolute Gasteiger partial charge is 0.312 e. The summed E-state index contributed by atoms with van der Waals surface area (Å²) in [4.78, 5) is 28.8. The second kappa shape index (κ2) is 6.65. The van der Waals surface area contributed by atoms with Gasteiger partial charge in [0.2, 0.25) is 0 Å². The minimum atomic E-state index is -0.960. The van der Waals surface area contributed by atoms with E-state index in [0.29, 0.717) is 6.54 Å². The summed E-state index contributed by atoms with van der Waals surface area (Å²) in [5.74, 6) is -1.67. The number of rotatable bonds is 4. The van der Waals surface area contributed by atoms with Gasteiger partial charge in [0.15, 0.2) is 0 Å². The van der Waals surface area contributed by atoms with Crippen LogP contribution in [0.5, 0.6) is 0 Å². The highest BCUT2D eigenvalue weighted by molar-refractivity contribution is 6.34. The maximum absolute atomic E-state index is 12.0. The number of hydrogen-bond donors (Lipinski definition) is 1.